The van der Waals surface area contributed by atoms with Gasteiger partial charge in [-0.05, 0) is 72.8 Å². The molecule has 33 heavy (non-hydrogen) atoms. The maximum absolute atomic E-state index is 6.57. The van der Waals surface area contributed by atoms with Gasteiger partial charge in [0.2, 0.25) is 0 Å². The van der Waals surface area contributed by atoms with Crippen LogP contribution in [0.25, 0.3) is 45.9 Å². The van der Waals surface area contributed by atoms with Crippen molar-refractivity contribution in [2.24, 2.45) is 0 Å². The number of rotatable bonds is 1. The van der Waals surface area contributed by atoms with E-state index >= 15 is 0 Å². The van der Waals surface area contributed by atoms with Crippen molar-refractivity contribution >= 4 is 80.7 Å². The lowest BCUT2D eigenvalue weighted by atomic mass is 10.0. The van der Waals surface area contributed by atoms with Gasteiger partial charge in [-0.25, -0.2) is 9.97 Å². The first-order chi connectivity index (χ1) is 16.0. The number of nitrogens with one attached hydrogen (secondary N) is 2. The van der Waals surface area contributed by atoms with E-state index in [0.717, 1.165) is 56.0 Å². The van der Waals surface area contributed by atoms with Gasteiger partial charge in [-0.15, -0.1) is 0 Å². The molecular weight excluding hydrogens is 475 g/mol. The fourth-order valence-corrected chi connectivity index (χ4v) is 4.60. The molecule has 0 unspecified atom stereocenters. The number of H-pyrrole nitrogens is 2. The van der Waals surface area contributed by atoms with E-state index in [4.69, 9.17) is 39.8 Å². The molecule has 0 saturated carbocycles. The molecule has 8 bridgehead atoms. The zero-order valence-electron chi connectivity index (χ0n) is 17.0. The molecule has 5 heterocycles. The summed E-state index contributed by atoms with van der Waals surface area (Å²) in [5.41, 5.74) is 8.76. The van der Waals surface area contributed by atoms with E-state index in [1.165, 1.54) is 0 Å². The topological polar surface area (TPSA) is 57.4 Å². The number of aromatic amines is 2. The average molecular weight is 490 g/mol. The van der Waals surface area contributed by atoms with Crippen LogP contribution in [0.1, 0.15) is 28.3 Å². The summed E-state index contributed by atoms with van der Waals surface area (Å²) in [4.78, 5) is 16.4. The minimum Gasteiger partial charge on any atom is -0.355 e. The highest BCUT2D eigenvalue weighted by Crippen LogP contribution is 2.39. The van der Waals surface area contributed by atoms with Crippen LogP contribution >= 0.6 is 34.8 Å². The van der Waals surface area contributed by atoms with Crippen LogP contribution in [0, 0.1) is 0 Å². The molecule has 160 valence electrons. The Labute approximate surface area is 204 Å². The summed E-state index contributed by atoms with van der Waals surface area (Å²) in [5, 5.41) is 1.14. The molecule has 2 N–H and O–H groups in total. The zero-order chi connectivity index (χ0) is 22.5. The first kappa shape index (κ1) is 20.3. The summed E-state index contributed by atoms with van der Waals surface area (Å²) >= 11 is 19.1. The minimum absolute atomic E-state index is 0.328. The summed E-state index contributed by atoms with van der Waals surface area (Å²) in [6, 6.07) is 19.7. The molecule has 4 aromatic rings. The number of hydrogen-bond donors (Lipinski definition) is 2. The van der Waals surface area contributed by atoms with Crippen LogP contribution in [-0.4, -0.2) is 19.9 Å². The highest BCUT2D eigenvalue weighted by molar-refractivity contribution is 6.48. The third-order valence-corrected chi connectivity index (χ3v) is 6.78. The average Bonchev–Trinajstić information content (AvgIpc) is 3.58. The molecule has 0 spiro atoms. The third-order valence-electron chi connectivity index (χ3n) is 5.49. The first-order valence-electron chi connectivity index (χ1n) is 10.2. The van der Waals surface area contributed by atoms with Crippen LogP contribution in [0.5, 0.6) is 0 Å². The Bertz CT molecular complexity index is 1660. The molecule has 2 aliphatic heterocycles. The zero-order valence-corrected chi connectivity index (χ0v) is 19.3. The van der Waals surface area contributed by atoms with Gasteiger partial charge in [-0.3, -0.25) is 0 Å². The Morgan fingerprint density at radius 1 is 0.576 bits per heavy atom. The van der Waals surface area contributed by atoms with Gasteiger partial charge in [-0.1, -0.05) is 40.9 Å². The highest BCUT2D eigenvalue weighted by atomic mass is 35.5. The highest BCUT2D eigenvalue weighted by Gasteiger charge is 2.18. The first-order valence-corrected chi connectivity index (χ1v) is 11.4. The van der Waals surface area contributed by atoms with Crippen molar-refractivity contribution in [3.8, 4) is 0 Å². The van der Waals surface area contributed by atoms with E-state index in [0.29, 0.717) is 15.1 Å². The summed E-state index contributed by atoms with van der Waals surface area (Å²) < 4.78 is 0. The van der Waals surface area contributed by atoms with Crippen molar-refractivity contribution in [2.45, 2.75) is 0 Å². The van der Waals surface area contributed by atoms with Gasteiger partial charge in [0.25, 0.3) is 0 Å². The van der Waals surface area contributed by atoms with E-state index in [2.05, 4.69) is 15.0 Å². The summed E-state index contributed by atoms with van der Waals surface area (Å²) in [6.07, 6.45) is 6.00. The molecule has 7 heteroatoms. The molecule has 0 fully saturated rings. The van der Waals surface area contributed by atoms with Crippen LogP contribution in [0.3, 0.4) is 0 Å². The molecule has 2 aliphatic rings. The third kappa shape index (κ3) is 3.87. The normalized spacial score (nSPS) is 12.8. The van der Waals surface area contributed by atoms with Crippen molar-refractivity contribution in [1.82, 2.24) is 19.9 Å². The molecule has 0 radical (unpaired) electrons. The Balaban J connectivity index is 1.64. The van der Waals surface area contributed by atoms with Crippen LogP contribution in [0.15, 0.2) is 60.7 Å². The second-order valence-electron chi connectivity index (χ2n) is 7.81. The molecule has 4 nitrogen and oxygen atoms in total. The van der Waals surface area contributed by atoms with Gasteiger partial charge in [0, 0.05) is 33.2 Å². The van der Waals surface area contributed by atoms with E-state index in [1.54, 1.807) is 6.07 Å². The van der Waals surface area contributed by atoms with Gasteiger partial charge in [0.05, 0.1) is 37.8 Å². The number of benzene rings is 1. The van der Waals surface area contributed by atoms with Crippen molar-refractivity contribution in [2.75, 3.05) is 0 Å². The van der Waals surface area contributed by atoms with E-state index < -0.39 is 0 Å². The predicted octanol–water partition coefficient (Wildman–Crippen LogP) is 8.03. The van der Waals surface area contributed by atoms with Crippen LogP contribution in [0.4, 0.5) is 0 Å². The summed E-state index contributed by atoms with van der Waals surface area (Å²) in [7, 11) is 0. The molecule has 3 aromatic heterocycles. The number of aromatic nitrogens is 4. The summed E-state index contributed by atoms with van der Waals surface area (Å²) in [5.74, 6) is 0. The van der Waals surface area contributed by atoms with E-state index in [1.807, 2.05) is 72.8 Å². The largest absolute Gasteiger partial charge is 0.355 e. The van der Waals surface area contributed by atoms with E-state index in [9.17, 15) is 0 Å². The molecular formula is C26H15Cl3N4. The molecule has 0 atom stereocenters. The monoisotopic (exact) mass is 488 g/mol. The van der Waals surface area contributed by atoms with Gasteiger partial charge in [0.1, 0.15) is 0 Å². The fourth-order valence-electron chi connectivity index (χ4n) is 3.96. The van der Waals surface area contributed by atoms with Gasteiger partial charge in [0.15, 0.2) is 0 Å². The lowest BCUT2D eigenvalue weighted by molar-refractivity contribution is 1.30. The Kier molecular flexibility index (Phi) is 4.88. The van der Waals surface area contributed by atoms with Crippen molar-refractivity contribution in [3.05, 3.63) is 104 Å². The SMILES string of the molecule is Clc1ccc(C2=Cc3cc4ccc(cc5nc(cc6ccc(cc2n3)[nH]6)C=C5)[nH]4)c(Cl)c1Cl. The van der Waals surface area contributed by atoms with Gasteiger partial charge in [-0.2, -0.15) is 0 Å². The second-order valence-corrected chi connectivity index (χ2v) is 8.98. The molecule has 0 saturated heterocycles. The van der Waals surface area contributed by atoms with Crippen molar-refractivity contribution < 1.29 is 0 Å². The quantitative estimate of drug-likeness (QED) is 0.230. The fraction of sp³-hybridized carbons (Fsp3) is 0. The molecule has 0 aliphatic carbocycles. The number of nitrogens with zero attached hydrogens (tertiary/aromatic N) is 2. The van der Waals surface area contributed by atoms with Crippen LogP contribution < -0.4 is 0 Å². The molecule has 6 rings (SSSR count). The van der Waals surface area contributed by atoms with Crippen molar-refractivity contribution in [3.63, 3.8) is 0 Å². The summed E-state index contributed by atoms with van der Waals surface area (Å²) in [6.45, 7) is 0. The minimum atomic E-state index is 0.328. The number of hydrogen-bond acceptors (Lipinski definition) is 2. The second kappa shape index (κ2) is 7.92. The Morgan fingerprint density at radius 2 is 1.15 bits per heavy atom. The number of halogens is 3. The van der Waals surface area contributed by atoms with Crippen molar-refractivity contribution in [1.29, 1.82) is 0 Å². The standard InChI is InChI=1S/C26H15Cl3N4/c27-23-8-7-21(25(28)26(23)29)22-12-20-11-18-4-3-16(31-18)9-14-1-2-15(30-14)10-17-5-6-19(32-17)13-24(22)33-20/h1-13,31-32H. The molecule has 0 amide bonds. The van der Waals surface area contributed by atoms with Gasteiger partial charge < -0.3 is 9.97 Å². The molecule has 1 aromatic carbocycles. The van der Waals surface area contributed by atoms with E-state index in [-0.39, 0.29) is 0 Å². The predicted molar refractivity (Wildman–Crippen MR) is 138 cm³/mol. The Morgan fingerprint density at radius 3 is 1.79 bits per heavy atom. The lowest BCUT2D eigenvalue weighted by Gasteiger charge is -2.08. The maximum Gasteiger partial charge on any atom is 0.0784 e. The lowest BCUT2D eigenvalue weighted by Crippen LogP contribution is -1.88. The Hall–Kier alpha value is -3.31. The van der Waals surface area contributed by atoms with Crippen LogP contribution in [0.2, 0.25) is 15.1 Å². The van der Waals surface area contributed by atoms with Crippen LogP contribution in [-0.2, 0) is 0 Å². The maximum atomic E-state index is 6.57. The number of fused-ring (bicyclic) bond motifs is 8. The van der Waals surface area contributed by atoms with Gasteiger partial charge >= 0.3 is 0 Å². The smallest absolute Gasteiger partial charge is 0.0784 e.